The normalized spacial score (nSPS) is 16.5. The Morgan fingerprint density at radius 3 is 2.72 bits per heavy atom. The van der Waals surface area contributed by atoms with Crippen LogP contribution >= 0.6 is 22.9 Å². The third-order valence-corrected chi connectivity index (χ3v) is 7.67. The lowest BCUT2D eigenvalue weighted by atomic mass is 10.1. The number of sulfonamides is 1. The van der Waals surface area contributed by atoms with Crippen molar-refractivity contribution in [2.75, 3.05) is 22.7 Å². The van der Waals surface area contributed by atoms with Crippen LogP contribution in [-0.4, -0.2) is 38.4 Å². The minimum Gasteiger partial charge on any atom is -0.311 e. The van der Waals surface area contributed by atoms with Crippen molar-refractivity contribution in [1.82, 2.24) is 10.3 Å². The van der Waals surface area contributed by atoms with Gasteiger partial charge in [-0.3, -0.25) is 9.52 Å². The summed E-state index contributed by atoms with van der Waals surface area (Å²) in [5.41, 5.74) is 1.04. The highest BCUT2D eigenvalue weighted by molar-refractivity contribution is 7.93. The molecule has 0 radical (unpaired) electrons. The molecule has 7 nitrogen and oxygen atoms in total. The predicted molar refractivity (Wildman–Crippen MR) is 125 cm³/mol. The van der Waals surface area contributed by atoms with Crippen molar-refractivity contribution in [3.8, 4) is 0 Å². The van der Waals surface area contributed by atoms with E-state index < -0.39 is 16.1 Å². The first-order valence-electron chi connectivity index (χ1n) is 9.85. The summed E-state index contributed by atoms with van der Waals surface area (Å²) in [6.07, 6.45) is 2.48. The highest BCUT2D eigenvalue weighted by Crippen LogP contribution is 2.25. The first-order chi connectivity index (χ1) is 15.3. The lowest BCUT2D eigenvalue weighted by molar-refractivity contribution is -0.118. The molecule has 2 heterocycles. The van der Waals surface area contributed by atoms with Gasteiger partial charge in [-0.25, -0.2) is 17.8 Å². The third-order valence-electron chi connectivity index (χ3n) is 5.15. The number of benzene rings is 2. The fraction of sp³-hybridized carbons (Fsp3) is 0.238. The van der Waals surface area contributed by atoms with Crippen LogP contribution in [0.1, 0.15) is 13.4 Å². The fourth-order valence-corrected chi connectivity index (χ4v) is 5.57. The van der Waals surface area contributed by atoms with E-state index in [1.54, 1.807) is 34.5 Å². The Balaban J connectivity index is 0.00000306. The number of thiazole rings is 1. The summed E-state index contributed by atoms with van der Waals surface area (Å²) in [4.78, 5) is 18.4. The van der Waals surface area contributed by atoms with Crippen LogP contribution in [0.5, 0.6) is 0 Å². The minimum absolute atomic E-state index is 0. The van der Waals surface area contributed by atoms with Crippen molar-refractivity contribution >= 4 is 49.7 Å². The van der Waals surface area contributed by atoms with E-state index in [1.165, 1.54) is 35.7 Å². The number of nitrogens with one attached hydrogen (secondary N) is 2. The molecule has 3 aromatic rings. The molecule has 1 aliphatic heterocycles. The van der Waals surface area contributed by atoms with Gasteiger partial charge in [-0.2, -0.15) is 0 Å². The minimum atomic E-state index is -3.75. The number of halogens is 2. The first kappa shape index (κ1) is 22.7. The van der Waals surface area contributed by atoms with Gasteiger partial charge < -0.3 is 10.2 Å². The fourth-order valence-electron chi connectivity index (χ4n) is 3.52. The van der Waals surface area contributed by atoms with E-state index in [2.05, 4.69) is 15.0 Å². The number of aromatic nitrogens is 1. The highest BCUT2D eigenvalue weighted by atomic mass is 35.5. The molecule has 1 atom stereocenters. The highest BCUT2D eigenvalue weighted by Gasteiger charge is 2.32. The SMILES string of the molecule is O=C1[C@@H](NCCc2c(F)cccc2Cl)CCN1c1ccc(S(=O)(=O)Nc2nccs2)cc1.[HH]. The van der Waals surface area contributed by atoms with Crippen LogP contribution < -0.4 is 14.9 Å². The molecular formula is C21H22ClFN4O3S2. The summed E-state index contributed by atoms with van der Waals surface area (Å²) in [5, 5.41) is 5.49. The van der Waals surface area contributed by atoms with Gasteiger partial charge in [0, 0.05) is 42.4 Å². The summed E-state index contributed by atoms with van der Waals surface area (Å²) >= 11 is 7.23. The number of anilines is 2. The molecule has 11 heteroatoms. The van der Waals surface area contributed by atoms with E-state index >= 15 is 0 Å². The maximum atomic E-state index is 13.9. The van der Waals surface area contributed by atoms with Crippen LogP contribution in [0.2, 0.25) is 5.02 Å². The molecule has 0 unspecified atom stereocenters. The molecule has 1 aliphatic rings. The quantitative estimate of drug-likeness (QED) is 0.493. The van der Waals surface area contributed by atoms with Crippen molar-refractivity contribution < 1.29 is 19.0 Å². The van der Waals surface area contributed by atoms with Gasteiger partial charge in [-0.1, -0.05) is 17.7 Å². The Hall–Kier alpha value is -2.53. The van der Waals surface area contributed by atoms with E-state index in [0.29, 0.717) is 42.2 Å². The second-order valence-electron chi connectivity index (χ2n) is 7.17. The standard InChI is InChI=1S/C21H20ClFN4O3S2.H2/c22-17-2-1-3-18(23)16(17)8-10-24-19-9-12-27(20(19)28)14-4-6-15(7-5-14)32(29,30)26-21-25-11-13-31-21;/h1-7,11,13,19,24H,8-10,12H2,(H,25,26);1H/t19-;/m0./s1. The van der Waals surface area contributed by atoms with Gasteiger partial charge in [0.15, 0.2) is 5.13 Å². The number of carbonyl (C=O) groups excluding carboxylic acids is 1. The first-order valence-corrected chi connectivity index (χ1v) is 12.6. The molecule has 1 saturated heterocycles. The summed E-state index contributed by atoms with van der Waals surface area (Å²) in [7, 11) is -3.75. The maximum absolute atomic E-state index is 13.9. The zero-order valence-electron chi connectivity index (χ0n) is 16.8. The van der Waals surface area contributed by atoms with E-state index in [0.717, 1.165) is 0 Å². The molecule has 0 bridgehead atoms. The van der Waals surface area contributed by atoms with Gasteiger partial charge in [-0.15, -0.1) is 11.3 Å². The molecule has 170 valence electrons. The molecule has 1 aromatic heterocycles. The number of nitrogens with zero attached hydrogens (tertiary/aromatic N) is 2. The lowest BCUT2D eigenvalue weighted by Gasteiger charge is -2.18. The molecule has 2 aromatic carbocycles. The number of hydrogen-bond donors (Lipinski definition) is 2. The predicted octanol–water partition coefficient (Wildman–Crippen LogP) is 3.92. The Morgan fingerprint density at radius 2 is 2.03 bits per heavy atom. The van der Waals surface area contributed by atoms with E-state index in [-0.39, 0.29) is 23.2 Å². The molecule has 0 aliphatic carbocycles. The van der Waals surface area contributed by atoms with E-state index in [9.17, 15) is 17.6 Å². The van der Waals surface area contributed by atoms with Crippen LogP contribution in [0.25, 0.3) is 0 Å². The van der Waals surface area contributed by atoms with Gasteiger partial charge in [0.05, 0.1) is 10.9 Å². The molecule has 0 spiro atoms. The topological polar surface area (TPSA) is 91.4 Å². The van der Waals surface area contributed by atoms with Crippen LogP contribution in [0.15, 0.2) is 58.9 Å². The summed E-state index contributed by atoms with van der Waals surface area (Å²) < 4.78 is 41.2. The second kappa shape index (κ2) is 9.53. The zero-order valence-corrected chi connectivity index (χ0v) is 19.2. The lowest BCUT2D eigenvalue weighted by Crippen LogP contribution is -2.39. The molecule has 32 heavy (non-hydrogen) atoms. The van der Waals surface area contributed by atoms with Crippen LogP contribution in [-0.2, 0) is 21.2 Å². The summed E-state index contributed by atoms with van der Waals surface area (Å²) in [6, 6.07) is 10.3. The molecule has 2 N–H and O–H groups in total. The smallest absolute Gasteiger partial charge is 0.263 e. The van der Waals surface area contributed by atoms with Gasteiger partial charge in [0.2, 0.25) is 5.91 Å². The Morgan fingerprint density at radius 1 is 1.25 bits per heavy atom. The monoisotopic (exact) mass is 496 g/mol. The van der Waals surface area contributed by atoms with Gasteiger partial charge in [0.25, 0.3) is 10.0 Å². The molecule has 1 fully saturated rings. The average molecular weight is 497 g/mol. The van der Waals surface area contributed by atoms with Gasteiger partial charge in [0.1, 0.15) is 5.82 Å². The van der Waals surface area contributed by atoms with Crippen molar-refractivity contribution in [1.29, 1.82) is 0 Å². The second-order valence-corrected chi connectivity index (χ2v) is 10.2. The molecular weight excluding hydrogens is 475 g/mol. The van der Waals surface area contributed by atoms with Crippen LogP contribution in [0.3, 0.4) is 0 Å². The zero-order chi connectivity index (χ0) is 22.7. The van der Waals surface area contributed by atoms with Gasteiger partial charge >= 0.3 is 0 Å². The average Bonchev–Trinajstić information content (AvgIpc) is 3.40. The molecule has 0 saturated carbocycles. The van der Waals surface area contributed by atoms with E-state index in [1.807, 2.05) is 0 Å². The largest absolute Gasteiger partial charge is 0.311 e. The van der Waals surface area contributed by atoms with Crippen molar-refractivity contribution in [3.63, 3.8) is 0 Å². The Bertz CT molecular complexity index is 1190. The number of rotatable bonds is 8. The number of carbonyl (C=O) groups is 1. The van der Waals surface area contributed by atoms with Gasteiger partial charge in [-0.05, 0) is 49.2 Å². The Labute approximate surface area is 195 Å². The maximum Gasteiger partial charge on any atom is 0.263 e. The molecule has 1 amide bonds. The third kappa shape index (κ3) is 4.93. The van der Waals surface area contributed by atoms with Crippen molar-refractivity contribution in [2.24, 2.45) is 0 Å². The van der Waals surface area contributed by atoms with E-state index in [4.69, 9.17) is 11.6 Å². The summed E-state index contributed by atoms with van der Waals surface area (Å²) in [6.45, 7) is 0.908. The Kier molecular flexibility index (Phi) is 6.75. The number of amides is 1. The van der Waals surface area contributed by atoms with Crippen molar-refractivity contribution in [2.45, 2.75) is 23.8 Å². The molecule has 4 rings (SSSR count). The number of hydrogen-bond acceptors (Lipinski definition) is 6. The summed E-state index contributed by atoms with van der Waals surface area (Å²) in [5.74, 6) is -0.473. The van der Waals surface area contributed by atoms with Crippen LogP contribution in [0.4, 0.5) is 15.2 Å². The van der Waals surface area contributed by atoms with Crippen molar-refractivity contribution in [3.05, 3.63) is 70.4 Å². The van der Waals surface area contributed by atoms with Crippen LogP contribution in [0, 0.1) is 5.82 Å².